The molecule has 2 amide bonds. The molecule has 0 unspecified atom stereocenters. The Labute approximate surface area is 125 Å². The standard InChI is InChI=1S/C14H22ClN3O2/c1-10-8-12(13(20-4)9-11(10)15)17-14(19)16-6-5-7-18(2)3/h8-9H,5-7H2,1-4H3,(H2,16,17,19). The Morgan fingerprint density at radius 3 is 2.70 bits per heavy atom. The van der Waals surface area contributed by atoms with Gasteiger partial charge >= 0.3 is 6.03 Å². The number of carbonyl (C=O) groups is 1. The van der Waals surface area contributed by atoms with E-state index in [1.54, 1.807) is 19.2 Å². The van der Waals surface area contributed by atoms with Gasteiger partial charge in [0.05, 0.1) is 12.8 Å². The molecule has 0 radical (unpaired) electrons. The van der Waals surface area contributed by atoms with Crippen LogP contribution in [0.5, 0.6) is 5.75 Å². The molecule has 0 saturated heterocycles. The maximum Gasteiger partial charge on any atom is 0.319 e. The lowest BCUT2D eigenvalue weighted by Gasteiger charge is -2.13. The maximum atomic E-state index is 11.8. The molecule has 20 heavy (non-hydrogen) atoms. The number of aryl methyl sites for hydroxylation is 1. The van der Waals surface area contributed by atoms with Crippen LogP contribution in [0.25, 0.3) is 0 Å². The minimum Gasteiger partial charge on any atom is -0.495 e. The molecule has 2 N–H and O–H groups in total. The molecule has 1 rings (SSSR count). The van der Waals surface area contributed by atoms with Crippen molar-refractivity contribution in [3.63, 3.8) is 0 Å². The lowest BCUT2D eigenvalue weighted by molar-refractivity contribution is 0.251. The first-order chi connectivity index (χ1) is 9.43. The fourth-order valence-corrected chi connectivity index (χ4v) is 1.85. The highest BCUT2D eigenvalue weighted by molar-refractivity contribution is 6.31. The molecule has 0 bridgehead atoms. The number of amides is 2. The first-order valence-corrected chi connectivity index (χ1v) is 6.85. The van der Waals surface area contributed by atoms with Gasteiger partial charge in [0.2, 0.25) is 0 Å². The molecule has 1 aromatic rings. The molecular weight excluding hydrogens is 278 g/mol. The number of nitrogens with one attached hydrogen (secondary N) is 2. The zero-order valence-corrected chi connectivity index (χ0v) is 13.2. The van der Waals surface area contributed by atoms with Gasteiger partial charge in [-0.2, -0.15) is 0 Å². The number of hydrogen-bond donors (Lipinski definition) is 2. The second-order valence-electron chi connectivity index (χ2n) is 4.84. The predicted molar refractivity (Wildman–Crippen MR) is 82.9 cm³/mol. The molecule has 0 aliphatic rings. The molecule has 0 spiro atoms. The van der Waals surface area contributed by atoms with Gasteiger partial charge in [0.15, 0.2) is 0 Å². The number of urea groups is 1. The van der Waals surface area contributed by atoms with Crippen LogP contribution in [0, 0.1) is 6.92 Å². The van der Waals surface area contributed by atoms with E-state index in [4.69, 9.17) is 16.3 Å². The van der Waals surface area contributed by atoms with E-state index in [2.05, 4.69) is 15.5 Å². The Morgan fingerprint density at radius 2 is 2.10 bits per heavy atom. The topological polar surface area (TPSA) is 53.6 Å². The second-order valence-corrected chi connectivity index (χ2v) is 5.25. The average Bonchev–Trinajstić information content (AvgIpc) is 2.38. The molecule has 0 aromatic heterocycles. The van der Waals surface area contributed by atoms with Crippen molar-refractivity contribution in [2.45, 2.75) is 13.3 Å². The Morgan fingerprint density at radius 1 is 1.40 bits per heavy atom. The highest BCUT2D eigenvalue weighted by Gasteiger charge is 2.09. The van der Waals surface area contributed by atoms with Crippen LogP contribution in [0.1, 0.15) is 12.0 Å². The van der Waals surface area contributed by atoms with Crippen LogP contribution in [0.3, 0.4) is 0 Å². The van der Waals surface area contributed by atoms with Gasteiger partial charge in [-0.3, -0.25) is 0 Å². The van der Waals surface area contributed by atoms with E-state index in [9.17, 15) is 4.79 Å². The van der Waals surface area contributed by atoms with Crippen molar-refractivity contribution in [1.29, 1.82) is 0 Å². The maximum absolute atomic E-state index is 11.8. The summed E-state index contributed by atoms with van der Waals surface area (Å²) >= 11 is 6.02. The lowest BCUT2D eigenvalue weighted by Crippen LogP contribution is -2.31. The van der Waals surface area contributed by atoms with Crippen molar-refractivity contribution in [2.75, 3.05) is 39.6 Å². The summed E-state index contributed by atoms with van der Waals surface area (Å²) in [6.45, 7) is 3.44. The van der Waals surface area contributed by atoms with Gasteiger partial charge < -0.3 is 20.3 Å². The van der Waals surface area contributed by atoms with Crippen LogP contribution < -0.4 is 15.4 Å². The largest absolute Gasteiger partial charge is 0.495 e. The van der Waals surface area contributed by atoms with Crippen LogP contribution in [-0.2, 0) is 0 Å². The fourth-order valence-electron chi connectivity index (χ4n) is 1.69. The summed E-state index contributed by atoms with van der Waals surface area (Å²) in [4.78, 5) is 13.9. The van der Waals surface area contributed by atoms with Crippen LogP contribution in [-0.4, -0.2) is 45.2 Å². The molecule has 0 fully saturated rings. The molecule has 112 valence electrons. The van der Waals surface area contributed by atoms with Crippen LogP contribution in [0.15, 0.2) is 12.1 Å². The number of methoxy groups -OCH3 is 1. The van der Waals surface area contributed by atoms with E-state index < -0.39 is 0 Å². The molecule has 0 saturated carbocycles. The van der Waals surface area contributed by atoms with E-state index in [0.29, 0.717) is 23.0 Å². The number of halogens is 1. The van der Waals surface area contributed by atoms with Crippen molar-refractivity contribution in [3.05, 3.63) is 22.7 Å². The fraction of sp³-hybridized carbons (Fsp3) is 0.500. The number of ether oxygens (including phenoxy) is 1. The zero-order chi connectivity index (χ0) is 15.1. The predicted octanol–water partition coefficient (Wildman–Crippen LogP) is 2.73. The summed E-state index contributed by atoms with van der Waals surface area (Å²) in [6.07, 6.45) is 0.900. The Hall–Kier alpha value is -1.46. The van der Waals surface area contributed by atoms with Gasteiger partial charge in [-0.15, -0.1) is 0 Å². The molecular formula is C14H22ClN3O2. The summed E-state index contributed by atoms with van der Waals surface area (Å²) in [7, 11) is 5.55. The molecule has 0 heterocycles. The number of nitrogens with zero attached hydrogens (tertiary/aromatic N) is 1. The highest BCUT2D eigenvalue weighted by atomic mass is 35.5. The van der Waals surface area contributed by atoms with Gasteiger partial charge in [0, 0.05) is 17.6 Å². The van der Waals surface area contributed by atoms with Crippen LogP contribution in [0.2, 0.25) is 5.02 Å². The van der Waals surface area contributed by atoms with Crippen molar-refractivity contribution >= 4 is 23.3 Å². The van der Waals surface area contributed by atoms with Crippen LogP contribution >= 0.6 is 11.6 Å². The van der Waals surface area contributed by atoms with E-state index in [-0.39, 0.29) is 6.03 Å². The summed E-state index contributed by atoms with van der Waals surface area (Å²) in [5.74, 6) is 0.545. The normalized spacial score (nSPS) is 10.5. The number of carbonyl (C=O) groups excluding carboxylic acids is 1. The number of hydrogen-bond acceptors (Lipinski definition) is 3. The zero-order valence-electron chi connectivity index (χ0n) is 12.4. The summed E-state index contributed by atoms with van der Waals surface area (Å²) < 4.78 is 5.21. The Kier molecular flexibility index (Phi) is 6.61. The minimum atomic E-state index is -0.247. The van der Waals surface area contributed by atoms with Gasteiger partial charge in [-0.25, -0.2) is 4.79 Å². The summed E-state index contributed by atoms with van der Waals surface area (Å²) in [6, 6.07) is 3.24. The van der Waals surface area contributed by atoms with Crippen LogP contribution in [0.4, 0.5) is 10.5 Å². The second kappa shape index (κ2) is 7.97. The summed E-state index contributed by atoms with van der Waals surface area (Å²) in [5.41, 5.74) is 1.50. The third-order valence-electron chi connectivity index (χ3n) is 2.80. The van der Waals surface area contributed by atoms with Gasteiger partial charge in [0.1, 0.15) is 5.75 Å². The highest BCUT2D eigenvalue weighted by Crippen LogP contribution is 2.30. The third-order valence-corrected chi connectivity index (χ3v) is 3.20. The smallest absolute Gasteiger partial charge is 0.319 e. The lowest BCUT2D eigenvalue weighted by atomic mass is 10.2. The van der Waals surface area contributed by atoms with Crippen molar-refractivity contribution in [1.82, 2.24) is 10.2 Å². The first-order valence-electron chi connectivity index (χ1n) is 6.47. The number of rotatable bonds is 6. The Balaban J connectivity index is 2.55. The molecule has 1 aromatic carbocycles. The SMILES string of the molecule is COc1cc(Cl)c(C)cc1NC(=O)NCCCN(C)C. The molecule has 6 heteroatoms. The molecule has 0 atom stereocenters. The van der Waals surface area contributed by atoms with Crippen molar-refractivity contribution in [2.24, 2.45) is 0 Å². The van der Waals surface area contributed by atoms with E-state index in [0.717, 1.165) is 18.5 Å². The van der Waals surface area contributed by atoms with Gasteiger partial charge in [-0.1, -0.05) is 11.6 Å². The van der Waals surface area contributed by atoms with E-state index in [1.165, 1.54) is 0 Å². The molecule has 0 aliphatic heterocycles. The van der Waals surface area contributed by atoms with Crippen molar-refractivity contribution < 1.29 is 9.53 Å². The van der Waals surface area contributed by atoms with Gasteiger partial charge in [0.25, 0.3) is 0 Å². The number of anilines is 1. The van der Waals surface area contributed by atoms with Gasteiger partial charge in [-0.05, 0) is 45.6 Å². The summed E-state index contributed by atoms with van der Waals surface area (Å²) in [5, 5.41) is 6.19. The quantitative estimate of drug-likeness (QED) is 0.794. The number of benzene rings is 1. The van der Waals surface area contributed by atoms with Crippen molar-refractivity contribution in [3.8, 4) is 5.75 Å². The molecule has 5 nitrogen and oxygen atoms in total. The third kappa shape index (κ3) is 5.27. The monoisotopic (exact) mass is 299 g/mol. The minimum absolute atomic E-state index is 0.247. The molecule has 0 aliphatic carbocycles. The average molecular weight is 300 g/mol. The Bertz CT molecular complexity index is 464. The van der Waals surface area contributed by atoms with E-state index >= 15 is 0 Å². The first kappa shape index (κ1) is 16.6. The van der Waals surface area contributed by atoms with E-state index in [1.807, 2.05) is 21.0 Å².